The molecule has 4 rings (SSSR count). The number of benzene rings is 3. The van der Waals surface area contributed by atoms with Crippen molar-refractivity contribution in [2.24, 2.45) is 0 Å². The minimum atomic E-state index is 0.930. The standard InChI is InChI=1S/C18H11BrO/c19-16-7-3-1-5-13(16)12-9-10-15-14-6-2-4-8-17(14)20-18(15)11-12/h1-11H. The smallest absolute Gasteiger partial charge is 0.136 e. The van der Waals surface area contributed by atoms with Gasteiger partial charge in [0.2, 0.25) is 0 Å². The molecular weight excluding hydrogens is 312 g/mol. The summed E-state index contributed by atoms with van der Waals surface area (Å²) < 4.78 is 7.03. The van der Waals surface area contributed by atoms with Crippen LogP contribution >= 0.6 is 15.9 Å². The van der Waals surface area contributed by atoms with Crippen molar-refractivity contribution in [3.05, 3.63) is 71.2 Å². The van der Waals surface area contributed by atoms with Gasteiger partial charge in [0.15, 0.2) is 0 Å². The van der Waals surface area contributed by atoms with Crippen molar-refractivity contribution in [3.8, 4) is 11.1 Å². The summed E-state index contributed by atoms with van der Waals surface area (Å²) in [6, 6.07) is 22.8. The lowest BCUT2D eigenvalue weighted by Crippen LogP contribution is -1.78. The van der Waals surface area contributed by atoms with Gasteiger partial charge in [0.25, 0.3) is 0 Å². The minimum Gasteiger partial charge on any atom is -0.456 e. The first-order valence-electron chi connectivity index (χ1n) is 6.49. The largest absolute Gasteiger partial charge is 0.456 e. The predicted molar refractivity (Wildman–Crippen MR) is 86.9 cm³/mol. The summed E-state index contributed by atoms with van der Waals surface area (Å²) in [7, 11) is 0. The molecule has 0 radical (unpaired) electrons. The van der Waals surface area contributed by atoms with Gasteiger partial charge in [-0.15, -0.1) is 0 Å². The fraction of sp³-hybridized carbons (Fsp3) is 0. The molecule has 0 amide bonds. The lowest BCUT2D eigenvalue weighted by molar-refractivity contribution is 0.669. The van der Waals surface area contributed by atoms with E-state index in [1.807, 2.05) is 30.3 Å². The van der Waals surface area contributed by atoms with Crippen LogP contribution in [0.15, 0.2) is 75.6 Å². The van der Waals surface area contributed by atoms with Crippen LogP contribution in [0.1, 0.15) is 0 Å². The Morgan fingerprint density at radius 2 is 1.45 bits per heavy atom. The highest BCUT2D eigenvalue weighted by Crippen LogP contribution is 2.34. The van der Waals surface area contributed by atoms with E-state index in [9.17, 15) is 0 Å². The van der Waals surface area contributed by atoms with Crippen molar-refractivity contribution in [1.29, 1.82) is 0 Å². The number of furan rings is 1. The maximum absolute atomic E-state index is 5.94. The van der Waals surface area contributed by atoms with E-state index in [1.54, 1.807) is 0 Å². The van der Waals surface area contributed by atoms with Crippen LogP contribution in [0.25, 0.3) is 33.1 Å². The summed E-state index contributed by atoms with van der Waals surface area (Å²) in [4.78, 5) is 0. The normalized spacial score (nSPS) is 11.2. The number of para-hydroxylation sites is 1. The molecule has 0 aliphatic carbocycles. The SMILES string of the molecule is Brc1ccccc1-c1ccc2c(c1)oc1ccccc12. The van der Waals surface area contributed by atoms with E-state index in [2.05, 4.69) is 52.3 Å². The molecule has 0 N–H and O–H groups in total. The molecule has 20 heavy (non-hydrogen) atoms. The highest BCUT2D eigenvalue weighted by atomic mass is 79.9. The van der Waals surface area contributed by atoms with Crippen LogP contribution < -0.4 is 0 Å². The van der Waals surface area contributed by atoms with Gasteiger partial charge in [-0.2, -0.15) is 0 Å². The zero-order valence-electron chi connectivity index (χ0n) is 10.6. The van der Waals surface area contributed by atoms with Crippen LogP contribution in [0.4, 0.5) is 0 Å². The van der Waals surface area contributed by atoms with Crippen molar-refractivity contribution in [2.45, 2.75) is 0 Å². The van der Waals surface area contributed by atoms with E-state index in [-0.39, 0.29) is 0 Å². The monoisotopic (exact) mass is 322 g/mol. The molecule has 0 aliphatic rings. The van der Waals surface area contributed by atoms with E-state index in [4.69, 9.17) is 4.42 Å². The zero-order chi connectivity index (χ0) is 13.5. The third kappa shape index (κ3) is 1.76. The number of halogens is 1. The Hall–Kier alpha value is -2.06. The second kappa shape index (κ2) is 4.50. The highest BCUT2D eigenvalue weighted by molar-refractivity contribution is 9.10. The van der Waals surface area contributed by atoms with E-state index >= 15 is 0 Å². The van der Waals surface area contributed by atoms with Gasteiger partial charge in [-0.05, 0) is 35.4 Å². The van der Waals surface area contributed by atoms with Crippen LogP contribution in [0.3, 0.4) is 0 Å². The van der Waals surface area contributed by atoms with Crippen molar-refractivity contribution < 1.29 is 4.42 Å². The molecule has 0 spiro atoms. The second-order valence-electron chi connectivity index (χ2n) is 4.79. The number of hydrogen-bond donors (Lipinski definition) is 0. The quantitative estimate of drug-likeness (QED) is 0.418. The summed E-state index contributed by atoms with van der Waals surface area (Å²) in [6.45, 7) is 0. The van der Waals surface area contributed by atoms with E-state index < -0.39 is 0 Å². The Kier molecular flexibility index (Phi) is 2.64. The first-order chi connectivity index (χ1) is 9.83. The van der Waals surface area contributed by atoms with Crippen molar-refractivity contribution in [2.75, 3.05) is 0 Å². The molecule has 0 bridgehead atoms. The number of hydrogen-bond acceptors (Lipinski definition) is 1. The van der Waals surface area contributed by atoms with Crippen molar-refractivity contribution in [3.63, 3.8) is 0 Å². The Morgan fingerprint density at radius 1 is 0.700 bits per heavy atom. The van der Waals surface area contributed by atoms with Gasteiger partial charge in [-0.25, -0.2) is 0 Å². The molecule has 0 unspecified atom stereocenters. The third-order valence-corrected chi connectivity index (χ3v) is 4.26. The lowest BCUT2D eigenvalue weighted by Gasteiger charge is -2.04. The maximum Gasteiger partial charge on any atom is 0.136 e. The Morgan fingerprint density at radius 3 is 2.35 bits per heavy atom. The first-order valence-corrected chi connectivity index (χ1v) is 7.28. The molecule has 0 atom stereocenters. The summed E-state index contributed by atoms with van der Waals surface area (Å²) in [5, 5.41) is 2.33. The summed E-state index contributed by atoms with van der Waals surface area (Å²) in [5.41, 5.74) is 4.20. The summed E-state index contributed by atoms with van der Waals surface area (Å²) >= 11 is 3.60. The second-order valence-corrected chi connectivity index (χ2v) is 5.64. The molecule has 0 fully saturated rings. The topological polar surface area (TPSA) is 13.1 Å². The van der Waals surface area contributed by atoms with E-state index in [0.717, 1.165) is 26.6 Å². The Labute approximate surface area is 125 Å². The van der Waals surface area contributed by atoms with Gasteiger partial charge in [0.05, 0.1) is 0 Å². The molecular formula is C18H11BrO. The fourth-order valence-electron chi connectivity index (χ4n) is 2.59. The molecule has 0 saturated heterocycles. The van der Waals surface area contributed by atoms with E-state index in [1.165, 1.54) is 10.9 Å². The molecule has 1 heterocycles. The average Bonchev–Trinajstić information content (AvgIpc) is 2.85. The van der Waals surface area contributed by atoms with Gasteiger partial charge < -0.3 is 4.42 Å². The van der Waals surface area contributed by atoms with Crippen LogP contribution in [-0.2, 0) is 0 Å². The zero-order valence-corrected chi connectivity index (χ0v) is 12.2. The predicted octanol–water partition coefficient (Wildman–Crippen LogP) is 6.02. The molecule has 3 aromatic carbocycles. The first kappa shape index (κ1) is 11.7. The molecule has 1 nitrogen and oxygen atoms in total. The number of fused-ring (bicyclic) bond motifs is 3. The van der Waals surface area contributed by atoms with Crippen LogP contribution in [0, 0.1) is 0 Å². The summed E-state index contributed by atoms with van der Waals surface area (Å²) in [6.07, 6.45) is 0. The summed E-state index contributed by atoms with van der Waals surface area (Å²) in [5.74, 6) is 0. The Bertz CT molecular complexity index is 921. The van der Waals surface area contributed by atoms with Crippen LogP contribution in [-0.4, -0.2) is 0 Å². The lowest BCUT2D eigenvalue weighted by atomic mass is 10.0. The van der Waals surface area contributed by atoms with Gasteiger partial charge in [0, 0.05) is 15.2 Å². The van der Waals surface area contributed by atoms with Gasteiger partial charge in [-0.3, -0.25) is 0 Å². The van der Waals surface area contributed by atoms with Crippen molar-refractivity contribution >= 4 is 37.9 Å². The maximum atomic E-state index is 5.94. The third-order valence-electron chi connectivity index (χ3n) is 3.56. The fourth-order valence-corrected chi connectivity index (χ4v) is 3.10. The highest BCUT2D eigenvalue weighted by Gasteiger charge is 2.08. The Balaban J connectivity index is 2.00. The number of rotatable bonds is 1. The van der Waals surface area contributed by atoms with Crippen molar-refractivity contribution in [1.82, 2.24) is 0 Å². The minimum absolute atomic E-state index is 0.930. The molecule has 0 aliphatic heterocycles. The van der Waals surface area contributed by atoms with E-state index in [0.29, 0.717) is 0 Å². The van der Waals surface area contributed by atoms with Gasteiger partial charge in [0.1, 0.15) is 11.2 Å². The molecule has 1 aromatic heterocycles. The van der Waals surface area contributed by atoms with Crippen LogP contribution in [0.2, 0.25) is 0 Å². The van der Waals surface area contributed by atoms with Gasteiger partial charge >= 0.3 is 0 Å². The molecule has 0 saturated carbocycles. The van der Waals surface area contributed by atoms with Gasteiger partial charge in [-0.1, -0.05) is 58.4 Å². The molecule has 2 heteroatoms. The average molecular weight is 323 g/mol. The molecule has 4 aromatic rings. The van der Waals surface area contributed by atoms with Crippen LogP contribution in [0.5, 0.6) is 0 Å². The molecule has 96 valence electrons.